The summed E-state index contributed by atoms with van der Waals surface area (Å²) < 4.78 is 6.05. The van der Waals surface area contributed by atoms with Crippen LogP contribution in [0, 0.1) is 0 Å². The Hall–Kier alpha value is -3.64. The Balaban J connectivity index is 1.49. The molecule has 0 aliphatic rings. The van der Waals surface area contributed by atoms with Gasteiger partial charge in [0.25, 0.3) is 0 Å². The van der Waals surface area contributed by atoms with Crippen molar-refractivity contribution in [1.82, 2.24) is 0 Å². The fourth-order valence-electron chi connectivity index (χ4n) is 4.71. The Morgan fingerprint density at radius 3 is 1.61 bits per heavy atom. The molecule has 0 aromatic heterocycles. The second kappa shape index (κ2) is 11.4. The molecule has 0 heterocycles. The molecule has 0 bridgehead atoms. The van der Waals surface area contributed by atoms with E-state index in [1.165, 1.54) is 15.9 Å². The van der Waals surface area contributed by atoms with Crippen molar-refractivity contribution in [2.45, 2.75) is 0 Å². The van der Waals surface area contributed by atoms with Crippen molar-refractivity contribution >= 4 is 40.9 Å². The molecule has 0 saturated carbocycles. The molecule has 5 aromatic carbocycles. The molecule has 0 saturated heterocycles. The number of rotatable bonds is 8. The second-order valence-corrected chi connectivity index (χ2v) is 13.1. The van der Waals surface area contributed by atoms with Gasteiger partial charge in [-0.2, -0.15) is 0 Å². The Bertz CT molecular complexity index is 1320. The van der Waals surface area contributed by atoms with Gasteiger partial charge in [0.05, 0.1) is 0 Å². The first-order chi connectivity index (χ1) is 17.7. The first-order valence-electron chi connectivity index (χ1n) is 12.1. The van der Waals surface area contributed by atoms with Gasteiger partial charge in [-0.3, -0.25) is 0 Å². The quantitative estimate of drug-likeness (QED) is 0.194. The minimum absolute atomic E-state index is 0.696. The fraction of sp³-hybridized carbons (Fsp3) is 0.0303. The van der Waals surface area contributed by atoms with Crippen LogP contribution in [0.1, 0.15) is 5.56 Å². The summed E-state index contributed by atoms with van der Waals surface area (Å²) in [5.41, 5.74) is 1.11. The maximum atomic E-state index is 6.05. The number of ether oxygens (including phenoxy) is 1. The number of halogens is 1. The molecule has 5 aromatic rings. The van der Waals surface area contributed by atoms with E-state index in [1.807, 2.05) is 36.4 Å². The van der Waals surface area contributed by atoms with E-state index >= 15 is 0 Å². The van der Waals surface area contributed by atoms with Gasteiger partial charge in [0, 0.05) is 0 Å². The molecule has 0 amide bonds. The molecule has 0 aliphatic heterocycles. The summed E-state index contributed by atoms with van der Waals surface area (Å²) in [5.74, 6) is 1.57. The standard InChI is InChI=1S/C33H28ClOP/c34-28-21-23-29(24-22-28)35-30-14-10-12-27(26-30)13-11-25-36(31-15-4-1-5-16-31,32-17-6-2-7-18-32)33-19-8-3-9-20-33/h1-24,26,36H,25H2. The zero-order chi connectivity index (χ0) is 24.6. The molecule has 0 atom stereocenters. The van der Waals surface area contributed by atoms with Gasteiger partial charge in [0.2, 0.25) is 0 Å². The van der Waals surface area contributed by atoms with E-state index < -0.39 is 7.26 Å². The van der Waals surface area contributed by atoms with Crippen molar-refractivity contribution in [3.8, 4) is 11.5 Å². The van der Waals surface area contributed by atoms with Gasteiger partial charge in [-0.05, 0) is 0 Å². The van der Waals surface area contributed by atoms with Crippen LogP contribution in [0.3, 0.4) is 0 Å². The van der Waals surface area contributed by atoms with E-state index in [1.54, 1.807) is 0 Å². The molecule has 0 aliphatic carbocycles. The summed E-state index contributed by atoms with van der Waals surface area (Å²) in [7, 11) is -2.29. The summed E-state index contributed by atoms with van der Waals surface area (Å²) in [5, 5.41) is 4.92. The van der Waals surface area contributed by atoms with Gasteiger partial charge in [-0.15, -0.1) is 0 Å². The molecule has 5 rings (SSSR count). The summed E-state index contributed by atoms with van der Waals surface area (Å²) in [6, 6.07) is 48.6. The molecule has 0 spiro atoms. The third-order valence-corrected chi connectivity index (χ3v) is 11.5. The molecule has 0 unspecified atom stereocenters. The third kappa shape index (κ3) is 5.44. The average molecular weight is 507 g/mol. The molecule has 0 fully saturated rings. The predicted molar refractivity (Wildman–Crippen MR) is 158 cm³/mol. The van der Waals surface area contributed by atoms with Crippen LogP contribution in [-0.4, -0.2) is 6.16 Å². The van der Waals surface area contributed by atoms with Crippen LogP contribution in [0.25, 0.3) is 6.08 Å². The Morgan fingerprint density at radius 1 is 0.556 bits per heavy atom. The SMILES string of the molecule is Clc1ccc(Oc2cccc(C=CC[PH](c3ccccc3)(c3ccccc3)c3ccccc3)c2)cc1. The van der Waals surface area contributed by atoms with Crippen LogP contribution in [-0.2, 0) is 0 Å². The topological polar surface area (TPSA) is 9.23 Å². The average Bonchev–Trinajstić information content (AvgIpc) is 2.94. The number of hydrogen-bond acceptors (Lipinski definition) is 1. The summed E-state index contributed by atoms with van der Waals surface area (Å²) in [4.78, 5) is 0. The van der Waals surface area contributed by atoms with Crippen LogP contribution in [0.2, 0.25) is 5.02 Å². The van der Waals surface area contributed by atoms with Crippen molar-refractivity contribution in [2.75, 3.05) is 6.16 Å². The van der Waals surface area contributed by atoms with E-state index in [9.17, 15) is 0 Å². The van der Waals surface area contributed by atoms with Gasteiger partial charge in [0.15, 0.2) is 0 Å². The molecule has 1 nitrogen and oxygen atoms in total. The third-order valence-electron chi connectivity index (χ3n) is 6.44. The maximum absolute atomic E-state index is 6.05. The fourth-order valence-corrected chi connectivity index (χ4v) is 9.30. The summed E-state index contributed by atoms with van der Waals surface area (Å²) in [6.45, 7) is 0. The number of benzene rings is 5. The van der Waals surface area contributed by atoms with Crippen LogP contribution in [0.4, 0.5) is 0 Å². The van der Waals surface area contributed by atoms with Crippen molar-refractivity contribution in [1.29, 1.82) is 0 Å². The van der Waals surface area contributed by atoms with Crippen LogP contribution in [0.5, 0.6) is 11.5 Å². The van der Waals surface area contributed by atoms with Crippen molar-refractivity contribution in [3.05, 3.63) is 156 Å². The predicted octanol–water partition coefficient (Wildman–Crippen LogP) is 7.87. The van der Waals surface area contributed by atoms with Gasteiger partial charge >= 0.3 is 219 Å². The zero-order valence-electron chi connectivity index (χ0n) is 19.9. The molecule has 0 N–H and O–H groups in total. The number of hydrogen-bond donors (Lipinski definition) is 0. The first-order valence-corrected chi connectivity index (χ1v) is 14.7. The molecule has 3 heteroatoms. The van der Waals surface area contributed by atoms with E-state index in [4.69, 9.17) is 16.3 Å². The van der Waals surface area contributed by atoms with Gasteiger partial charge in [-0.25, -0.2) is 0 Å². The Labute approximate surface area is 219 Å². The van der Waals surface area contributed by atoms with E-state index in [0.717, 1.165) is 23.2 Å². The van der Waals surface area contributed by atoms with Crippen molar-refractivity contribution in [3.63, 3.8) is 0 Å². The van der Waals surface area contributed by atoms with Gasteiger partial charge in [-0.1, -0.05) is 0 Å². The van der Waals surface area contributed by atoms with Crippen molar-refractivity contribution in [2.24, 2.45) is 0 Å². The van der Waals surface area contributed by atoms with Crippen molar-refractivity contribution < 1.29 is 4.74 Å². The van der Waals surface area contributed by atoms with E-state index in [-0.39, 0.29) is 0 Å². The molecular formula is C33H28ClOP. The zero-order valence-corrected chi connectivity index (χ0v) is 21.7. The van der Waals surface area contributed by atoms with Crippen LogP contribution < -0.4 is 20.7 Å². The number of allylic oxidation sites excluding steroid dienone is 1. The minimum atomic E-state index is -2.29. The van der Waals surface area contributed by atoms with E-state index in [0.29, 0.717) is 5.02 Å². The van der Waals surface area contributed by atoms with Gasteiger partial charge < -0.3 is 0 Å². The molecule has 0 radical (unpaired) electrons. The first kappa shape index (κ1) is 24.1. The second-order valence-electron chi connectivity index (χ2n) is 8.74. The molecule has 36 heavy (non-hydrogen) atoms. The molecule has 178 valence electrons. The van der Waals surface area contributed by atoms with E-state index in [2.05, 4.69) is 115 Å². The summed E-state index contributed by atoms with van der Waals surface area (Å²) >= 11 is 6.01. The molecular weight excluding hydrogens is 479 g/mol. The Kier molecular flexibility index (Phi) is 7.62. The summed E-state index contributed by atoms with van der Waals surface area (Å²) in [6.07, 6.45) is 5.50. The van der Waals surface area contributed by atoms with Crippen LogP contribution in [0.15, 0.2) is 146 Å². The monoisotopic (exact) mass is 506 g/mol. The van der Waals surface area contributed by atoms with Crippen LogP contribution >= 0.6 is 18.9 Å². The Morgan fingerprint density at radius 2 is 1.08 bits per heavy atom. The van der Waals surface area contributed by atoms with Gasteiger partial charge in [0.1, 0.15) is 0 Å². The normalized spacial score (nSPS) is 11.9.